The summed E-state index contributed by atoms with van der Waals surface area (Å²) >= 11 is 0. The van der Waals surface area contributed by atoms with Crippen LogP contribution in [0, 0.1) is 0 Å². The molecule has 0 radical (unpaired) electrons. The molecule has 0 spiro atoms. The van der Waals surface area contributed by atoms with Crippen LogP contribution in [0.5, 0.6) is 0 Å². The number of aromatic nitrogens is 1. The van der Waals surface area contributed by atoms with Crippen molar-refractivity contribution in [3.63, 3.8) is 0 Å². The molecule has 1 atom stereocenters. The second-order valence-electron chi connectivity index (χ2n) is 3.99. The third kappa shape index (κ3) is 4.40. The van der Waals surface area contributed by atoms with Gasteiger partial charge in [-0.25, -0.2) is 0 Å². The van der Waals surface area contributed by atoms with Crippen LogP contribution in [-0.2, 0) is 0 Å². The number of unbranched alkanes of at least 4 members (excludes halogenated alkanes) is 1. The van der Waals surface area contributed by atoms with Gasteiger partial charge in [0, 0.05) is 24.8 Å². The summed E-state index contributed by atoms with van der Waals surface area (Å²) in [5.74, 6) is -0.201. The van der Waals surface area contributed by atoms with E-state index >= 15 is 0 Å². The van der Waals surface area contributed by atoms with Gasteiger partial charge in [-0.1, -0.05) is 19.8 Å². The fourth-order valence-electron chi connectivity index (χ4n) is 1.52. The van der Waals surface area contributed by atoms with Crippen LogP contribution in [-0.4, -0.2) is 23.5 Å². The van der Waals surface area contributed by atoms with Crippen molar-refractivity contribution in [1.29, 1.82) is 0 Å². The average Bonchev–Trinajstić information content (AvgIpc) is 2.35. The van der Waals surface area contributed by atoms with Gasteiger partial charge in [-0.05, 0) is 12.5 Å². The highest BCUT2D eigenvalue weighted by atomic mass is 16.2. The van der Waals surface area contributed by atoms with Gasteiger partial charge in [-0.15, -0.1) is 0 Å². The maximum absolute atomic E-state index is 11.8. The summed E-state index contributed by atoms with van der Waals surface area (Å²) in [6, 6.07) is 2.83. The van der Waals surface area contributed by atoms with Crippen LogP contribution in [0.4, 0.5) is 0 Å². The lowest BCUT2D eigenvalue weighted by atomic mass is 10.1. The highest BCUT2D eigenvalue weighted by Gasteiger charge is 2.11. The number of hydrogen-bond acceptors (Lipinski definition) is 3. The summed E-state index contributed by atoms with van der Waals surface area (Å²) in [5.41, 5.74) is 5.82. The monoisotopic (exact) mass is 237 g/mol. The van der Waals surface area contributed by atoms with Gasteiger partial charge in [-0.2, -0.15) is 0 Å². The molecular formula is C12H19N3O2. The topological polar surface area (TPSA) is 88.0 Å². The van der Waals surface area contributed by atoms with E-state index in [0.29, 0.717) is 12.1 Å². The molecule has 0 aliphatic rings. The number of hydrogen-bond donors (Lipinski definition) is 3. The van der Waals surface area contributed by atoms with Gasteiger partial charge in [0.05, 0.1) is 5.56 Å². The Hall–Kier alpha value is -1.62. The standard InChI is InChI=1S/C12H19N3O2/c1-2-3-4-10(7-13)15-12(17)9-5-6-11(16)14-8-9/h5-6,8,10H,2-4,7,13H2,1H3,(H,14,16)(H,15,17). The zero-order chi connectivity index (χ0) is 12.7. The first-order valence-corrected chi connectivity index (χ1v) is 5.87. The van der Waals surface area contributed by atoms with E-state index < -0.39 is 0 Å². The first-order valence-electron chi connectivity index (χ1n) is 5.87. The number of rotatable bonds is 6. The van der Waals surface area contributed by atoms with Crippen LogP contribution >= 0.6 is 0 Å². The molecule has 0 aliphatic carbocycles. The van der Waals surface area contributed by atoms with Crippen LogP contribution < -0.4 is 16.6 Å². The fraction of sp³-hybridized carbons (Fsp3) is 0.500. The van der Waals surface area contributed by atoms with Gasteiger partial charge in [0.25, 0.3) is 5.91 Å². The Morgan fingerprint density at radius 3 is 2.82 bits per heavy atom. The molecule has 0 aromatic carbocycles. The Kier molecular flexibility index (Phi) is 5.42. The van der Waals surface area contributed by atoms with Gasteiger partial charge in [-0.3, -0.25) is 9.59 Å². The minimum atomic E-state index is -0.220. The largest absolute Gasteiger partial charge is 0.348 e. The predicted molar refractivity (Wildman–Crippen MR) is 66.9 cm³/mol. The molecule has 94 valence electrons. The van der Waals surface area contributed by atoms with Crippen molar-refractivity contribution in [3.05, 3.63) is 34.2 Å². The van der Waals surface area contributed by atoms with Crippen molar-refractivity contribution < 1.29 is 4.79 Å². The molecule has 0 fully saturated rings. The summed E-state index contributed by atoms with van der Waals surface area (Å²) in [7, 11) is 0. The van der Waals surface area contributed by atoms with Crippen molar-refractivity contribution in [2.75, 3.05) is 6.54 Å². The van der Waals surface area contributed by atoms with Crippen molar-refractivity contribution in [3.8, 4) is 0 Å². The molecule has 0 saturated carbocycles. The zero-order valence-electron chi connectivity index (χ0n) is 10.0. The van der Waals surface area contributed by atoms with E-state index in [-0.39, 0.29) is 17.5 Å². The summed E-state index contributed by atoms with van der Waals surface area (Å²) in [5, 5.41) is 2.85. The van der Waals surface area contributed by atoms with Gasteiger partial charge >= 0.3 is 0 Å². The first kappa shape index (κ1) is 13.4. The van der Waals surface area contributed by atoms with Gasteiger partial charge < -0.3 is 16.0 Å². The van der Waals surface area contributed by atoms with Crippen molar-refractivity contribution >= 4 is 5.91 Å². The summed E-state index contributed by atoms with van der Waals surface area (Å²) in [4.78, 5) is 25.1. The summed E-state index contributed by atoms with van der Waals surface area (Å²) in [6.45, 7) is 2.52. The smallest absolute Gasteiger partial charge is 0.253 e. The Labute approximate surface area is 100 Å². The Balaban J connectivity index is 2.57. The average molecular weight is 237 g/mol. The third-order valence-corrected chi connectivity index (χ3v) is 2.57. The third-order valence-electron chi connectivity index (χ3n) is 2.57. The minimum absolute atomic E-state index is 0.00521. The first-order chi connectivity index (χ1) is 8.17. The van der Waals surface area contributed by atoms with Gasteiger partial charge in [0.2, 0.25) is 5.56 Å². The van der Waals surface area contributed by atoms with E-state index in [2.05, 4.69) is 17.2 Å². The predicted octanol–water partition coefficient (Wildman–Crippen LogP) is 0.622. The number of H-pyrrole nitrogens is 1. The fourth-order valence-corrected chi connectivity index (χ4v) is 1.52. The normalized spacial score (nSPS) is 12.1. The van der Waals surface area contributed by atoms with E-state index in [1.165, 1.54) is 18.3 Å². The number of aromatic amines is 1. The van der Waals surface area contributed by atoms with Crippen LogP contribution in [0.1, 0.15) is 36.5 Å². The van der Waals surface area contributed by atoms with E-state index in [4.69, 9.17) is 5.73 Å². The Bertz CT molecular complexity index is 394. The van der Waals surface area contributed by atoms with Crippen LogP contribution in [0.15, 0.2) is 23.1 Å². The SMILES string of the molecule is CCCCC(CN)NC(=O)c1ccc(=O)[nH]c1. The lowest BCUT2D eigenvalue weighted by Crippen LogP contribution is -2.40. The molecule has 1 rings (SSSR count). The minimum Gasteiger partial charge on any atom is -0.348 e. The van der Waals surface area contributed by atoms with Gasteiger partial charge in [0.15, 0.2) is 0 Å². The number of amides is 1. The number of carbonyl (C=O) groups excluding carboxylic acids is 1. The molecule has 5 heteroatoms. The second-order valence-corrected chi connectivity index (χ2v) is 3.99. The highest BCUT2D eigenvalue weighted by Crippen LogP contribution is 2.01. The second kappa shape index (κ2) is 6.85. The molecule has 1 amide bonds. The zero-order valence-corrected chi connectivity index (χ0v) is 10.0. The Morgan fingerprint density at radius 1 is 1.53 bits per heavy atom. The molecule has 0 saturated heterocycles. The van der Waals surface area contributed by atoms with E-state index in [1.807, 2.05) is 0 Å². The Morgan fingerprint density at radius 2 is 2.29 bits per heavy atom. The molecule has 0 aliphatic heterocycles. The van der Waals surface area contributed by atoms with E-state index in [9.17, 15) is 9.59 Å². The molecule has 1 heterocycles. The lowest BCUT2D eigenvalue weighted by Gasteiger charge is -2.16. The molecule has 1 aromatic rings. The lowest BCUT2D eigenvalue weighted by molar-refractivity contribution is 0.0935. The van der Waals surface area contributed by atoms with Crippen LogP contribution in [0.25, 0.3) is 0 Å². The molecule has 1 unspecified atom stereocenters. The number of pyridine rings is 1. The molecule has 4 N–H and O–H groups in total. The van der Waals surface area contributed by atoms with Crippen molar-refractivity contribution in [2.24, 2.45) is 5.73 Å². The maximum atomic E-state index is 11.8. The van der Waals surface area contributed by atoms with E-state index in [1.54, 1.807) is 0 Å². The van der Waals surface area contributed by atoms with Crippen LogP contribution in [0.3, 0.4) is 0 Å². The summed E-state index contributed by atoms with van der Waals surface area (Å²) in [6.07, 6.45) is 4.39. The molecule has 1 aromatic heterocycles. The number of nitrogens with two attached hydrogens (primary N) is 1. The highest BCUT2D eigenvalue weighted by molar-refractivity contribution is 5.93. The van der Waals surface area contributed by atoms with Crippen molar-refractivity contribution in [2.45, 2.75) is 32.2 Å². The van der Waals surface area contributed by atoms with E-state index in [0.717, 1.165) is 19.3 Å². The van der Waals surface area contributed by atoms with Crippen molar-refractivity contribution in [1.82, 2.24) is 10.3 Å². The van der Waals surface area contributed by atoms with Crippen LogP contribution in [0.2, 0.25) is 0 Å². The van der Waals surface area contributed by atoms with Gasteiger partial charge in [0.1, 0.15) is 0 Å². The molecule has 0 bridgehead atoms. The number of carbonyl (C=O) groups is 1. The molecule has 5 nitrogen and oxygen atoms in total. The maximum Gasteiger partial charge on any atom is 0.253 e. The molecule has 17 heavy (non-hydrogen) atoms. The summed E-state index contributed by atoms with van der Waals surface area (Å²) < 4.78 is 0. The number of nitrogens with one attached hydrogen (secondary N) is 2. The molecular weight excluding hydrogens is 218 g/mol. The quantitative estimate of drug-likeness (QED) is 0.677.